The molecule has 3 heterocycles. The molecule has 2 aromatic heterocycles. The Balaban J connectivity index is 1.39. The Bertz CT molecular complexity index is 1080. The van der Waals surface area contributed by atoms with Crippen molar-refractivity contribution in [1.82, 2.24) is 19.9 Å². The highest BCUT2D eigenvalue weighted by Crippen LogP contribution is 2.27. The predicted molar refractivity (Wildman–Crippen MR) is 113 cm³/mol. The Labute approximate surface area is 179 Å². The second-order valence-electron chi connectivity index (χ2n) is 7.50. The van der Waals surface area contributed by atoms with Crippen LogP contribution in [0.4, 0.5) is 10.1 Å². The van der Waals surface area contributed by atoms with Gasteiger partial charge in [-0.1, -0.05) is 0 Å². The van der Waals surface area contributed by atoms with Crippen LogP contribution in [0.3, 0.4) is 0 Å². The molecule has 1 aliphatic heterocycles. The number of aryl methyl sites for hydroxylation is 1. The Hall–Kier alpha value is -3.68. The van der Waals surface area contributed by atoms with Crippen molar-refractivity contribution in [2.75, 3.05) is 18.4 Å². The van der Waals surface area contributed by atoms with E-state index in [0.29, 0.717) is 41.4 Å². The first-order valence-corrected chi connectivity index (χ1v) is 10.1. The van der Waals surface area contributed by atoms with Gasteiger partial charge in [0, 0.05) is 43.3 Å². The number of hydrogen-bond acceptors (Lipinski definition) is 5. The molecule has 0 atom stereocenters. The molecule has 0 spiro atoms. The molecule has 1 fully saturated rings. The molecule has 1 aliphatic rings. The number of likely N-dealkylation sites (tertiary alicyclic amines) is 1. The summed E-state index contributed by atoms with van der Waals surface area (Å²) in [5.41, 5.74) is 2.04. The molecule has 3 aromatic rings. The Morgan fingerprint density at radius 3 is 2.48 bits per heavy atom. The summed E-state index contributed by atoms with van der Waals surface area (Å²) in [6.45, 7) is 3.01. The van der Waals surface area contributed by atoms with E-state index in [1.807, 2.05) is 4.90 Å². The molecule has 0 radical (unpaired) electrons. The molecule has 1 N–H and O–H groups in total. The van der Waals surface area contributed by atoms with Gasteiger partial charge in [-0.15, -0.1) is 0 Å². The van der Waals surface area contributed by atoms with Crippen molar-refractivity contribution >= 4 is 17.5 Å². The number of aromatic nitrogens is 3. The summed E-state index contributed by atoms with van der Waals surface area (Å²) in [7, 11) is 0. The number of nitrogens with one attached hydrogen (secondary N) is 1. The first-order valence-electron chi connectivity index (χ1n) is 10.1. The third-order valence-electron chi connectivity index (χ3n) is 5.40. The minimum atomic E-state index is -0.366. The zero-order valence-corrected chi connectivity index (χ0v) is 17.1. The zero-order chi connectivity index (χ0) is 21.8. The van der Waals surface area contributed by atoms with Gasteiger partial charge in [0.1, 0.15) is 11.6 Å². The first kappa shape index (κ1) is 20.6. The van der Waals surface area contributed by atoms with Gasteiger partial charge in [0.25, 0.3) is 11.8 Å². The van der Waals surface area contributed by atoms with Crippen LogP contribution in [-0.4, -0.2) is 44.8 Å². The second kappa shape index (κ2) is 8.99. The fourth-order valence-corrected chi connectivity index (χ4v) is 3.65. The van der Waals surface area contributed by atoms with E-state index in [1.54, 1.807) is 31.5 Å². The highest BCUT2D eigenvalue weighted by Gasteiger charge is 2.27. The van der Waals surface area contributed by atoms with Crippen molar-refractivity contribution in [3.8, 4) is 0 Å². The van der Waals surface area contributed by atoms with Gasteiger partial charge in [0.15, 0.2) is 0 Å². The lowest BCUT2D eigenvalue weighted by atomic mass is 9.95. The van der Waals surface area contributed by atoms with E-state index in [0.717, 1.165) is 12.8 Å². The molecular weight excluding hydrogens is 397 g/mol. The SMILES string of the molecule is Cc1nc(C2CCN(C(=O)c3cccnc3)CC2)ncc1C(=O)Nc1ccc(F)cc1. The molecular formula is C23H22FN5O2. The zero-order valence-electron chi connectivity index (χ0n) is 17.1. The smallest absolute Gasteiger partial charge is 0.259 e. The minimum Gasteiger partial charge on any atom is -0.339 e. The number of pyridine rings is 1. The van der Waals surface area contributed by atoms with Crippen molar-refractivity contribution in [3.63, 3.8) is 0 Å². The summed E-state index contributed by atoms with van der Waals surface area (Å²) < 4.78 is 13.0. The number of carbonyl (C=O) groups excluding carboxylic acids is 2. The molecule has 1 saturated heterocycles. The third kappa shape index (κ3) is 4.74. The topological polar surface area (TPSA) is 88.1 Å². The average molecular weight is 419 g/mol. The van der Waals surface area contributed by atoms with Crippen LogP contribution >= 0.6 is 0 Å². The van der Waals surface area contributed by atoms with Gasteiger partial charge in [-0.25, -0.2) is 14.4 Å². The van der Waals surface area contributed by atoms with Crippen molar-refractivity contribution in [2.24, 2.45) is 0 Å². The van der Waals surface area contributed by atoms with E-state index >= 15 is 0 Å². The van der Waals surface area contributed by atoms with E-state index in [-0.39, 0.29) is 23.5 Å². The van der Waals surface area contributed by atoms with E-state index < -0.39 is 0 Å². The number of benzene rings is 1. The van der Waals surface area contributed by atoms with Crippen molar-refractivity contribution in [2.45, 2.75) is 25.7 Å². The van der Waals surface area contributed by atoms with Gasteiger partial charge in [0.05, 0.1) is 16.8 Å². The van der Waals surface area contributed by atoms with Crippen LogP contribution in [0.1, 0.15) is 51.0 Å². The summed E-state index contributed by atoms with van der Waals surface area (Å²) in [6, 6.07) is 9.09. The molecule has 7 nitrogen and oxygen atoms in total. The van der Waals surface area contributed by atoms with Crippen molar-refractivity contribution in [3.05, 3.63) is 83.5 Å². The number of piperidine rings is 1. The number of amides is 2. The lowest BCUT2D eigenvalue weighted by Gasteiger charge is -2.31. The number of halogens is 1. The molecule has 0 bridgehead atoms. The minimum absolute atomic E-state index is 0.0172. The third-order valence-corrected chi connectivity index (χ3v) is 5.40. The molecule has 0 saturated carbocycles. The first-order chi connectivity index (χ1) is 15.0. The van der Waals surface area contributed by atoms with E-state index in [1.165, 1.54) is 30.5 Å². The van der Waals surface area contributed by atoms with Gasteiger partial charge in [-0.05, 0) is 56.2 Å². The summed E-state index contributed by atoms with van der Waals surface area (Å²) in [4.78, 5) is 39.9. The second-order valence-corrected chi connectivity index (χ2v) is 7.50. The van der Waals surface area contributed by atoms with Gasteiger partial charge >= 0.3 is 0 Å². The largest absolute Gasteiger partial charge is 0.339 e. The van der Waals surface area contributed by atoms with Crippen molar-refractivity contribution in [1.29, 1.82) is 0 Å². The molecule has 2 amide bonds. The summed E-state index contributed by atoms with van der Waals surface area (Å²) >= 11 is 0. The normalized spacial score (nSPS) is 14.3. The molecule has 0 aliphatic carbocycles. The fourth-order valence-electron chi connectivity index (χ4n) is 3.65. The van der Waals surface area contributed by atoms with Crippen LogP contribution in [0.5, 0.6) is 0 Å². The van der Waals surface area contributed by atoms with Crippen LogP contribution in [-0.2, 0) is 0 Å². The lowest BCUT2D eigenvalue weighted by molar-refractivity contribution is 0.0710. The van der Waals surface area contributed by atoms with E-state index in [4.69, 9.17) is 0 Å². The molecule has 31 heavy (non-hydrogen) atoms. The monoisotopic (exact) mass is 419 g/mol. The Morgan fingerprint density at radius 1 is 1.10 bits per heavy atom. The number of anilines is 1. The van der Waals surface area contributed by atoms with Gasteiger partial charge in [-0.3, -0.25) is 14.6 Å². The lowest BCUT2D eigenvalue weighted by Crippen LogP contribution is -2.38. The van der Waals surface area contributed by atoms with Gasteiger partial charge in [-0.2, -0.15) is 0 Å². The molecule has 0 unspecified atom stereocenters. The molecule has 1 aromatic carbocycles. The standard InChI is InChI=1S/C23H22FN5O2/c1-15-20(22(30)28-19-6-4-18(24)5-7-19)14-26-21(27-15)16-8-11-29(12-9-16)23(31)17-3-2-10-25-13-17/h2-7,10,13-14,16H,8-9,11-12H2,1H3,(H,28,30). The Morgan fingerprint density at radius 2 is 1.84 bits per heavy atom. The number of nitrogens with zero attached hydrogens (tertiary/aromatic N) is 4. The van der Waals surface area contributed by atoms with Crippen LogP contribution in [0.2, 0.25) is 0 Å². The molecule has 4 rings (SSSR count). The number of carbonyl (C=O) groups is 2. The predicted octanol–water partition coefficient (Wildman–Crippen LogP) is 3.59. The van der Waals surface area contributed by atoms with Crippen LogP contribution in [0, 0.1) is 12.7 Å². The highest BCUT2D eigenvalue weighted by atomic mass is 19.1. The average Bonchev–Trinajstić information content (AvgIpc) is 2.80. The maximum atomic E-state index is 13.0. The van der Waals surface area contributed by atoms with Gasteiger partial charge < -0.3 is 10.2 Å². The number of rotatable bonds is 4. The molecule has 158 valence electrons. The quantitative estimate of drug-likeness (QED) is 0.698. The van der Waals surface area contributed by atoms with E-state index in [9.17, 15) is 14.0 Å². The Kier molecular flexibility index (Phi) is 5.97. The summed E-state index contributed by atoms with van der Waals surface area (Å²) in [6.07, 6.45) is 6.27. The van der Waals surface area contributed by atoms with Crippen LogP contribution in [0.15, 0.2) is 55.0 Å². The fraction of sp³-hybridized carbons (Fsp3) is 0.261. The van der Waals surface area contributed by atoms with Crippen LogP contribution < -0.4 is 5.32 Å². The van der Waals surface area contributed by atoms with Crippen LogP contribution in [0.25, 0.3) is 0 Å². The molecule has 8 heteroatoms. The summed E-state index contributed by atoms with van der Waals surface area (Å²) in [5.74, 6) is 0.0919. The highest BCUT2D eigenvalue weighted by molar-refractivity contribution is 6.04. The summed E-state index contributed by atoms with van der Waals surface area (Å²) in [5, 5.41) is 2.72. The van der Waals surface area contributed by atoms with Gasteiger partial charge in [0.2, 0.25) is 0 Å². The maximum Gasteiger partial charge on any atom is 0.259 e. The maximum absolute atomic E-state index is 13.0. The number of hydrogen-bond donors (Lipinski definition) is 1. The van der Waals surface area contributed by atoms with Crippen molar-refractivity contribution < 1.29 is 14.0 Å². The van der Waals surface area contributed by atoms with E-state index in [2.05, 4.69) is 20.3 Å².